The van der Waals surface area contributed by atoms with E-state index in [1.807, 2.05) is 12.4 Å². The normalized spacial score (nSPS) is 9.71. The van der Waals surface area contributed by atoms with E-state index >= 15 is 0 Å². The van der Waals surface area contributed by atoms with Crippen molar-refractivity contribution < 1.29 is 4.79 Å². The van der Waals surface area contributed by atoms with Crippen LogP contribution < -0.4 is 5.32 Å². The third-order valence-electron chi connectivity index (χ3n) is 1.75. The van der Waals surface area contributed by atoms with E-state index in [1.165, 1.54) is 0 Å². The maximum absolute atomic E-state index is 10.4. The second-order valence-corrected chi connectivity index (χ2v) is 2.77. The van der Waals surface area contributed by atoms with E-state index in [1.54, 1.807) is 30.5 Å². The molecule has 0 atom stereocenters. The third-order valence-corrected chi connectivity index (χ3v) is 1.75. The largest absolute Gasteiger partial charge is 0.339 e. The van der Waals surface area contributed by atoms with Gasteiger partial charge < -0.3 is 5.32 Å². The molecule has 14 heavy (non-hydrogen) atoms. The molecule has 0 unspecified atom stereocenters. The van der Waals surface area contributed by atoms with Gasteiger partial charge in [0.2, 0.25) is 6.29 Å². The van der Waals surface area contributed by atoms with Crippen LogP contribution in [0.5, 0.6) is 0 Å². The summed E-state index contributed by atoms with van der Waals surface area (Å²) in [7, 11) is 0. The molecule has 2 N–H and O–H groups in total. The summed E-state index contributed by atoms with van der Waals surface area (Å²) in [6, 6.07) is 8.85. The van der Waals surface area contributed by atoms with Gasteiger partial charge >= 0.3 is 0 Å². The molecule has 0 aliphatic carbocycles. The summed E-state index contributed by atoms with van der Waals surface area (Å²) < 4.78 is 0. The molecule has 0 saturated heterocycles. The molecule has 2 aromatic rings. The number of rotatable bonds is 3. The van der Waals surface area contributed by atoms with Crippen LogP contribution in [-0.4, -0.2) is 16.5 Å². The van der Waals surface area contributed by atoms with Crippen LogP contribution in [0.3, 0.4) is 0 Å². The third kappa shape index (κ3) is 1.80. The summed E-state index contributed by atoms with van der Waals surface area (Å²) in [5.41, 5.74) is 1.34. The molecule has 2 rings (SSSR count). The summed E-state index contributed by atoms with van der Waals surface area (Å²) >= 11 is 0. The van der Waals surface area contributed by atoms with Crippen LogP contribution in [0.4, 0.5) is 11.5 Å². The highest BCUT2D eigenvalue weighted by Crippen LogP contribution is 2.14. The van der Waals surface area contributed by atoms with E-state index in [9.17, 15) is 4.79 Å². The Hall–Kier alpha value is -2.10. The van der Waals surface area contributed by atoms with Gasteiger partial charge in [-0.05, 0) is 12.1 Å². The van der Waals surface area contributed by atoms with Crippen molar-refractivity contribution in [1.82, 2.24) is 10.2 Å². The summed E-state index contributed by atoms with van der Waals surface area (Å²) in [6.07, 6.45) is 3.55. The fourth-order valence-corrected chi connectivity index (χ4v) is 1.14. The fourth-order valence-electron chi connectivity index (χ4n) is 1.14. The van der Waals surface area contributed by atoms with Gasteiger partial charge in [-0.1, -0.05) is 12.1 Å². The molecule has 1 aromatic heterocycles. The number of nitrogens with one attached hydrogen (secondary N) is 2. The molecule has 0 spiro atoms. The Balaban J connectivity index is 2.21. The highest BCUT2D eigenvalue weighted by molar-refractivity contribution is 5.78. The van der Waals surface area contributed by atoms with Gasteiger partial charge in [-0.15, -0.1) is 0 Å². The molecule has 0 aliphatic heterocycles. The number of H-pyrrole nitrogens is 1. The zero-order valence-electron chi connectivity index (χ0n) is 7.32. The predicted octanol–water partition coefficient (Wildman–Crippen LogP) is 1.61. The van der Waals surface area contributed by atoms with Crippen molar-refractivity contribution >= 4 is 17.8 Å². The summed E-state index contributed by atoms with van der Waals surface area (Å²) in [5, 5.41) is 9.66. The van der Waals surface area contributed by atoms with Crippen LogP contribution >= 0.6 is 0 Å². The van der Waals surface area contributed by atoms with Gasteiger partial charge in [0.05, 0.1) is 0 Å². The second-order valence-electron chi connectivity index (χ2n) is 2.77. The molecule has 0 fully saturated rings. The molecular weight excluding hydrogens is 178 g/mol. The van der Waals surface area contributed by atoms with Gasteiger partial charge in [0, 0.05) is 23.5 Å². The molecule has 0 amide bonds. The van der Waals surface area contributed by atoms with Gasteiger partial charge in [-0.25, -0.2) is 0 Å². The standard InChI is InChI=1S/C10H8N3O/c14-7-8-2-1-3-9(6-8)12-10-4-5-11-13-10/h1-6H,(H2,11,12,13). The van der Waals surface area contributed by atoms with Crippen molar-refractivity contribution in [3.63, 3.8) is 0 Å². The molecule has 4 heteroatoms. The van der Waals surface area contributed by atoms with Crippen molar-refractivity contribution in [3.8, 4) is 0 Å². The van der Waals surface area contributed by atoms with Crippen LogP contribution in [0.15, 0.2) is 36.5 Å². The second kappa shape index (κ2) is 3.74. The topological polar surface area (TPSA) is 57.8 Å². The first-order valence-corrected chi connectivity index (χ1v) is 4.13. The Morgan fingerprint density at radius 2 is 2.29 bits per heavy atom. The van der Waals surface area contributed by atoms with Gasteiger partial charge in [0.1, 0.15) is 0 Å². The van der Waals surface area contributed by atoms with Crippen molar-refractivity contribution in [2.75, 3.05) is 5.32 Å². The molecule has 1 radical (unpaired) electrons. The summed E-state index contributed by atoms with van der Waals surface area (Å²) in [6.45, 7) is 0. The Bertz CT molecular complexity index is 423. The van der Waals surface area contributed by atoms with Gasteiger partial charge in [-0.3, -0.25) is 9.89 Å². The maximum Gasteiger partial charge on any atom is 0.233 e. The van der Waals surface area contributed by atoms with E-state index in [0.29, 0.717) is 11.4 Å². The number of aromatic nitrogens is 2. The summed E-state index contributed by atoms with van der Waals surface area (Å²) in [5.74, 6) is 0.716. The minimum Gasteiger partial charge on any atom is -0.339 e. The number of benzene rings is 1. The van der Waals surface area contributed by atoms with E-state index in [-0.39, 0.29) is 0 Å². The van der Waals surface area contributed by atoms with Crippen LogP contribution in [-0.2, 0) is 4.79 Å². The number of hydrogen-bond donors (Lipinski definition) is 2. The average molecular weight is 186 g/mol. The first-order chi connectivity index (χ1) is 6.88. The number of aromatic amines is 1. The van der Waals surface area contributed by atoms with E-state index in [4.69, 9.17) is 0 Å². The summed E-state index contributed by atoms with van der Waals surface area (Å²) in [4.78, 5) is 10.4. The predicted molar refractivity (Wildman–Crippen MR) is 53.1 cm³/mol. The minimum absolute atomic E-state index is 0.519. The van der Waals surface area contributed by atoms with Crippen LogP contribution in [0.25, 0.3) is 0 Å². The average Bonchev–Trinajstić information content (AvgIpc) is 2.71. The highest BCUT2D eigenvalue weighted by atomic mass is 16.1. The Kier molecular flexibility index (Phi) is 2.27. The van der Waals surface area contributed by atoms with Crippen molar-refractivity contribution in [2.24, 2.45) is 0 Å². The number of anilines is 2. The molecule has 0 saturated carbocycles. The Morgan fingerprint density at radius 3 is 3.00 bits per heavy atom. The lowest BCUT2D eigenvalue weighted by Gasteiger charge is -2.01. The minimum atomic E-state index is 0.519. The zero-order chi connectivity index (χ0) is 9.80. The molecule has 1 aromatic carbocycles. The van der Waals surface area contributed by atoms with Gasteiger partial charge in [-0.2, -0.15) is 5.10 Å². The lowest BCUT2D eigenvalue weighted by molar-refractivity contribution is 0.563. The lowest BCUT2D eigenvalue weighted by atomic mass is 10.2. The quantitative estimate of drug-likeness (QED) is 0.765. The lowest BCUT2D eigenvalue weighted by Crippen LogP contribution is -1.91. The molecule has 69 valence electrons. The van der Waals surface area contributed by atoms with Crippen LogP contribution in [0.1, 0.15) is 5.56 Å². The van der Waals surface area contributed by atoms with Crippen molar-refractivity contribution in [1.29, 1.82) is 0 Å². The molecular formula is C10H8N3O. The number of nitrogens with zero attached hydrogens (tertiary/aromatic N) is 1. The van der Waals surface area contributed by atoms with E-state index in [2.05, 4.69) is 15.5 Å². The van der Waals surface area contributed by atoms with Crippen LogP contribution in [0.2, 0.25) is 0 Å². The smallest absolute Gasteiger partial charge is 0.233 e. The van der Waals surface area contributed by atoms with E-state index < -0.39 is 0 Å². The van der Waals surface area contributed by atoms with Gasteiger partial charge in [0.25, 0.3) is 0 Å². The molecule has 0 aliphatic rings. The highest BCUT2D eigenvalue weighted by Gasteiger charge is 1.97. The molecule has 0 bridgehead atoms. The molecule has 1 heterocycles. The fraction of sp³-hybridized carbons (Fsp3) is 0. The first-order valence-electron chi connectivity index (χ1n) is 4.13. The maximum atomic E-state index is 10.4. The first kappa shape index (κ1) is 8.50. The van der Waals surface area contributed by atoms with Crippen molar-refractivity contribution in [3.05, 3.63) is 42.1 Å². The van der Waals surface area contributed by atoms with Crippen molar-refractivity contribution in [2.45, 2.75) is 0 Å². The Morgan fingerprint density at radius 1 is 1.36 bits per heavy atom. The van der Waals surface area contributed by atoms with Crippen LogP contribution in [0, 0.1) is 0 Å². The number of hydrogen-bond acceptors (Lipinski definition) is 3. The molecule has 4 nitrogen and oxygen atoms in total. The monoisotopic (exact) mass is 186 g/mol. The Labute approximate surface area is 81.0 Å². The SMILES string of the molecule is O=[C]c1cccc(Nc2cc[nH]n2)c1. The van der Waals surface area contributed by atoms with E-state index in [0.717, 1.165) is 5.69 Å². The van der Waals surface area contributed by atoms with Gasteiger partial charge in [0.15, 0.2) is 5.82 Å². The zero-order valence-corrected chi connectivity index (χ0v) is 7.32. The number of carbonyl (C=O) groups excluding carboxylic acids is 1.